The first-order chi connectivity index (χ1) is 24.1. The van der Waals surface area contributed by atoms with Crippen LogP contribution in [0.25, 0.3) is 0 Å². The van der Waals surface area contributed by atoms with Gasteiger partial charge in [-0.1, -0.05) is 51.1 Å². The highest BCUT2D eigenvalue weighted by molar-refractivity contribution is 5.97. The average Bonchev–Trinajstić information content (AvgIpc) is 3.86. The van der Waals surface area contributed by atoms with Gasteiger partial charge in [0.1, 0.15) is 23.9 Å². The number of ether oxygens (including phenoxy) is 5. The second-order valence-corrected chi connectivity index (χ2v) is 15.1. The molecule has 272 valence electrons. The number of rotatable bonds is 8. The van der Waals surface area contributed by atoms with Crippen molar-refractivity contribution in [3.63, 3.8) is 0 Å². The lowest BCUT2D eigenvalue weighted by atomic mass is 9.48. The van der Waals surface area contributed by atoms with Crippen molar-refractivity contribution in [2.75, 3.05) is 6.61 Å². The number of epoxide rings is 1. The fraction of sp³-hybridized carbons (Fsp3) is 0.538. The van der Waals surface area contributed by atoms with Crippen LogP contribution in [0, 0.1) is 22.7 Å². The molecular formula is C39H46N2O10. The van der Waals surface area contributed by atoms with Gasteiger partial charge in [-0.15, -0.1) is 0 Å². The predicted molar refractivity (Wildman–Crippen MR) is 182 cm³/mol. The Bertz CT molecular complexity index is 1740. The summed E-state index contributed by atoms with van der Waals surface area (Å²) in [7, 11) is 0. The van der Waals surface area contributed by atoms with Gasteiger partial charge in [0.05, 0.1) is 18.6 Å². The van der Waals surface area contributed by atoms with Crippen LogP contribution in [-0.4, -0.2) is 71.3 Å². The van der Waals surface area contributed by atoms with Crippen LogP contribution in [0.15, 0.2) is 66.0 Å². The molecule has 2 N–H and O–H groups in total. The second kappa shape index (κ2) is 13.6. The van der Waals surface area contributed by atoms with Crippen molar-refractivity contribution in [1.82, 2.24) is 4.98 Å². The maximum atomic E-state index is 13.9. The number of carbonyl (C=O) groups excluding carboxylic acids is 5. The molecule has 0 amide bonds. The molecule has 0 unspecified atom stereocenters. The average molecular weight is 703 g/mol. The van der Waals surface area contributed by atoms with Crippen molar-refractivity contribution in [2.45, 2.75) is 103 Å². The minimum atomic E-state index is -1.18. The maximum absolute atomic E-state index is 13.9. The number of ketones is 1. The molecule has 1 aromatic carbocycles. The van der Waals surface area contributed by atoms with Crippen LogP contribution in [-0.2, 0) is 42.9 Å². The lowest BCUT2D eigenvalue weighted by molar-refractivity contribution is -0.220. The van der Waals surface area contributed by atoms with Gasteiger partial charge in [0, 0.05) is 56.0 Å². The van der Waals surface area contributed by atoms with Gasteiger partial charge in [0.15, 0.2) is 11.9 Å². The molecule has 0 radical (unpaired) electrons. The summed E-state index contributed by atoms with van der Waals surface area (Å²) in [5.74, 6) is -3.99. The number of benzene rings is 1. The summed E-state index contributed by atoms with van der Waals surface area (Å²) in [5, 5.41) is 0. The highest BCUT2D eigenvalue weighted by Crippen LogP contribution is 2.65. The number of carbonyl (C=O) groups is 5. The number of hydrogen-bond acceptors (Lipinski definition) is 12. The number of allylic oxidation sites excluding steroid dienone is 1. The van der Waals surface area contributed by atoms with Crippen LogP contribution in [0.5, 0.6) is 0 Å². The minimum Gasteiger partial charge on any atom is -0.462 e. The third kappa shape index (κ3) is 6.59. The summed E-state index contributed by atoms with van der Waals surface area (Å²) < 4.78 is 31.3. The van der Waals surface area contributed by atoms with Gasteiger partial charge in [0.25, 0.3) is 0 Å². The predicted octanol–water partition coefficient (Wildman–Crippen LogP) is 4.60. The number of nitrogens with zero attached hydrogens (tertiary/aromatic N) is 1. The molecule has 51 heavy (non-hydrogen) atoms. The van der Waals surface area contributed by atoms with Gasteiger partial charge in [-0.25, -0.2) is 4.79 Å². The molecule has 2 saturated carbocycles. The summed E-state index contributed by atoms with van der Waals surface area (Å²) in [5.41, 5.74) is 5.09. The number of fused-ring (bicyclic) bond motifs is 4. The molecule has 3 aliphatic carbocycles. The zero-order valence-corrected chi connectivity index (χ0v) is 29.9. The van der Waals surface area contributed by atoms with E-state index in [0.717, 1.165) is 5.56 Å². The molecule has 1 aromatic heterocycles. The van der Waals surface area contributed by atoms with E-state index in [1.54, 1.807) is 19.1 Å². The molecule has 1 saturated heterocycles. The number of Topliss-reactive ketones (excluding diaryl/α,β-unsaturated/α-hetero) is 1. The van der Waals surface area contributed by atoms with E-state index in [1.165, 1.54) is 26.2 Å². The minimum absolute atomic E-state index is 0.0479. The molecule has 6 rings (SSSR count). The Kier molecular flexibility index (Phi) is 9.71. The summed E-state index contributed by atoms with van der Waals surface area (Å²) in [6.07, 6.45) is -0.604. The molecule has 2 bridgehead atoms. The van der Waals surface area contributed by atoms with Gasteiger partial charge in [-0.3, -0.25) is 24.2 Å². The Morgan fingerprint density at radius 1 is 0.980 bits per heavy atom. The molecule has 12 heteroatoms. The Labute approximate surface area is 297 Å². The summed E-state index contributed by atoms with van der Waals surface area (Å²) in [6, 6.07) is 11.8. The molecule has 12 nitrogen and oxygen atoms in total. The van der Waals surface area contributed by atoms with Gasteiger partial charge < -0.3 is 29.4 Å². The van der Waals surface area contributed by atoms with Crippen molar-refractivity contribution in [2.24, 2.45) is 28.4 Å². The molecule has 4 aliphatic rings. The van der Waals surface area contributed by atoms with Gasteiger partial charge in [-0.2, -0.15) is 0 Å². The number of pyridine rings is 1. The van der Waals surface area contributed by atoms with Gasteiger partial charge in [-0.05, 0) is 54.0 Å². The van der Waals surface area contributed by atoms with E-state index in [4.69, 9.17) is 29.4 Å². The van der Waals surface area contributed by atoms with E-state index in [1.807, 2.05) is 51.1 Å². The van der Waals surface area contributed by atoms with Crippen LogP contribution in [0.4, 0.5) is 0 Å². The topological polar surface area (TPSA) is 174 Å². The van der Waals surface area contributed by atoms with Crippen LogP contribution in [0.3, 0.4) is 0 Å². The van der Waals surface area contributed by atoms with Crippen molar-refractivity contribution in [3.8, 4) is 0 Å². The lowest BCUT2D eigenvalue weighted by Crippen LogP contribution is -2.68. The number of nitrogens with two attached hydrogens (primary N) is 1. The molecule has 2 aromatic rings. The number of hydrogen-bond donors (Lipinski definition) is 1. The third-order valence-electron chi connectivity index (χ3n) is 11.6. The van der Waals surface area contributed by atoms with Crippen LogP contribution < -0.4 is 5.73 Å². The van der Waals surface area contributed by atoms with E-state index in [9.17, 15) is 24.0 Å². The fourth-order valence-corrected chi connectivity index (χ4v) is 9.17. The van der Waals surface area contributed by atoms with Crippen LogP contribution in [0.2, 0.25) is 0 Å². The standard InChI is InChI=1S/C39H46N2O10/c1-21-28(44)17-26-32(48-22(2)42)34-38(6,15-14-29(39(34)20-47-39)50-30(45)18-27(40)24-11-8-7-9-12-24)35(51-36(46)25-13-10-16-41-19-25)33(49-23(3)43)31(21)37(26,4)5/h7-13,16,19,26-27,29,32-35H,14-15,17-18,20,40H2,1-6H3/t26-,27+,29-,32+,33+,34-,35-,38-,39-/m0/s1. The Morgan fingerprint density at radius 3 is 2.27 bits per heavy atom. The van der Waals surface area contributed by atoms with E-state index < -0.39 is 82.6 Å². The maximum Gasteiger partial charge on any atom is 0.340 e. The highest BCUT2D eigenvalue weighted by atomic mass is 16.6. The Balaban J connectivity index is 1.48. The SMILES string of the molecule is CC(=O)O[C@@H]1[C@@H]2CC(=O)C(C)=C([C@@H](OC(C)=O)[C@H](OC(=O)c3cccnc3)[C@@]3(C)CC[C@H](OC(=O)C[C@@H](N)c4ccccc4)[C@@]4(CO4)[C@@H]13)C2(C)C. The molecule has 3 fully saturated rings. The van der Waals surface area contributed by atoms with Crippen LogP contribution in [0.1, 0.15) is 89.2 Å². The molecule has 1 spiro atoms. The highest BCUT2D eigenvalue weighted by Gasteiger charge is 2.74. The molecule has 1 aliphatic heterocycles. The van der Waals surface area contributed by atoms with E-state index >= 15 is 0 Å². The van der Waals surface area contributed by atoms with Gasteiger partial charge in [0.2, 0.25) is 0 Å². The smallest absolute Gasteiger partial charge is 0.340 e. The van der Waals surface area contributed by atoms with E-state index in [-0.39, 0.29) is 30.8 Å². The summed E-state index contributed by atoms with van der Waals surface area (Å²) in [6.45, 7) is 10.2. The Hall–Kier alpha value is -4.42. The van der Waals surface area contributed by atoms with E-state index in [0.29, 0.717) is 24.0 Å². The number of esters is 4. The molecule has 9 atom stereocenters. The van der Waals surface area contributed by atoms with Crippen molar-refractivity contribution in [3.05, 3.63) is 77.1 Å². The first kappa shape index (κ1) is 36.4. The first-order valence-corrected chi connectivity index (χ1v) is 17.4. The van der Waals surface area contributed by atoms with Crippen molar-refractivity contribution >= 4 is 29.7 Å². The molecular weight excluding hydrogens is 656 g/mol. The van der Waals surface area contributed by atoms with Gasteiger partial charge >= 0.3 is 23.9 Å². The number of aromatic nitrogens is 1. The normalized spacial score (nSPS) is 32.8. The Morgan fingerprint density at radius 2 is 1.67 bits per heavy atom. The molecule has 2 heterocycles. The van der Waals surface area contributed by atoms with Crippen molar-refractivity contribution in [1.29, 1.82) is 0 Å². The van der Waals surface area contributed by atoms with E-state index in [2.05, 4.69) is 4.98 Å². The largest absolute Gasteiger partial charge is 0.462 e. The summed E-state index contributed by atoms with van der Waals surface area (Å²) >= 11 is 0. The van der Waals surface area contributed by atoms with Crippen molar-refractivity contribution < 1.29 is 47.7 Å². The summed E-state index contributed by atoms with van der Waals surface area (Å²) in [4.78, 5) is 71.2. The first-order valence-electron chi connectivity index (χ1n) is 17.4. The fourth-order valence-electron chi connectivity index (χ4n) is 9.17. The second-order valence-electron chi connectivity index (χ2n) is 15.1. The van der Waals surface area contributed by atoms with Crippen LogP contribution >= 0.6 is 0 Å². The monoisotopic (exact) mass is 702 g/mol. The third-order valence-corrected chi connectivity index (χ3v) is 11.6. The quantitative estimate of drug-likeness (QED) is 0.230. The zero-order valence-electron chi connectivity index (χ0n) is 29.9. The zero-order chi connectivity index (χ0) is 36.9. The lowest BCUT2D eigenvalue weighted by Gasteiger charge is -2.60.